The summed E-state index contributed by atoms with van der Waals surface area (Å²) in [6.45, 7) is 0. The molecule has 0 N–H and O–H groups in total. The summed E-state index contributed by atoms with van der Waals surface area (Å²) in [6.07, 6.45) is 0.110. The van der Waals surface area contributed by atoms with Gasteiger partial charge >= 0.3 is 0 Å². The fourth-order valence-electron chi connectivity index (χ4n) is 1.16. The lowest BCUT2D eigenvalue weighted by molar-refractivity contribution is 0.0982. The van der Waals surface area contributed by atoms with Crippen LogP contribution in [0.15, 0.2) is 18.2 Å². The van der Waals surface area contributed by atoms with Crippen LogP contribution in [-0.4, -0.2) is 18.8 Å². The lowest BCUT2D eigenvalue weighted by Crippen LogP contribution is -2.05. The van der Waals surface area contributed by atoms with Crippen molar-refractivity contribution in [3.8, 4) is 5.75 Å². The second kappa shape index (κ2) is 4.96. The van der Waals surface area contributed by atoms with Crippen LogP contribution in [0.5, 0.6) is 5.75 Å². The van der Waals surface area contributed by atoms with Crippen LogP contribution in [0.25, 0.3) is 0 Å². The number of benzene rings is 1. The van der Waals surface area contributed by atoms with Crippen molar-refractivity contribution in [2.45, 2.75) is 6.42 Å². The Bertz CT molecular complexity index is 339. The molecule has 0 unspecified atom stereocenters. The first-order chi connectivity index (χ1) is 6.70. The van der Waals surface area contributed by atoms with Gasteiger partial charge in [-0.05, 0) is 12.1 Å². The topological polar surface area (TPSA) is 26.3 Å². The van der Waals surface area contributed by atoms with Crippen molar-refractivity contribution in [3.05, 3.63) is 29.6 Å². The minimum Gasteiger partial charge on any atom is -0.496 e. The number of carbonyl (C=O) groups is 1. The average molecular weight is 217 g/mol. The zero-order chi connectivity index (χ0) is 10.6. The van der Waals surface area contributed by atoms with Gasteiger partial charge < -0.3 is 4.74 Å². The van der Waals surface area contributed by atoms with Crippen molar-refractivity contribution in [2.24, 2.45) is 0 Å². The molecule has 0 aliphatic rings. The monoisotopic (exact) mass is 216 g/mol. The summed E-state index contributed by atoms with van der Waals surface area (Å²) in [5.41, 5.74) is -0.0179. The normalized spacial score (nSPS) is 9.93. The quantitative estimate of drug-likeness (QED) is 0.571. The number of ketones is 1. The molecule has 0 saturated heterocycles. The van der Waals surface area contributed by atoms with Gasteiger partial charge in [-0.15, -0.1) is 11.6 Å². The molecule has 1 aromatic rings. The SMILES string of the molecule is COc1cccc(F)c1C(=O)CCCl. The highest BCUT2D eigenvalue weighted by Crippen LogP contribution is 2.22. The molecule has 76 valence electrons. The van der Waals surface area contributed by atoms with Crippen LogP contribution in [0.4, 0.5) is 4.39 Å². The van der Waals surface area contributed by atoms with Gasteiger partial charge in [-0.3, -0.25) is 4.79 Å². The summed E-state index contributed by atoms with van der Waals surface area (Å²) in [7, 11) is 1.40. The van der Waals surface area contributed by atoms with Gasteiger partial charge in [-0.2, -0.15) is 0 Å². The van der Waals surface area contributed by atoms with E-state index in [2.05, 4.69) is 0 Å². The molecule has 0 aliphatic heterocycles. The Hall–Kier alpha value is -1.09. The van der Waals surface area contributed by atoms with Gasteiger partial charge in [0.25, 0.3) is 0 Å². The van der Waals surface area contributed by atoms with E-state index in [1.54, 1.807) is 6.07 Å². The Morgan fingerprint density at radius 1 is 1.57 bits per heavy atom. The van der Waals surface area contributed by atoms with Gasteiger partial charge in [0.05, 0.1) is 12.7 Å². The Balaban J connectivity index is 3.10. The van der Waals surface area contributed by atoms with Gasteiger partial charge in [0.2, 0.25) is 0 Å². The second-order valence-corrected chi connectivity index (χ2v) is 3.06. The summed E-state index contributed by atoms with van der Waals surface area (Å²) < 4.78 is 18.2. The molecule has 14 heavy (non-hydrogen) atoms. The third-order valence-electron chi connectivity index (χ3n) is 1.80. The lowest BCUT2D eigenvalue weighted by Gasteiger charge is -2.07. The minimum atomic E-state index is -0.570. The van der Waals surface area contributed by atoms with Crippen LogP contribution < -0.4 is 4.74 Å². The molecule has 1 aromatic carbocycles. The molecule has 0 aromatic heterocycles. The van der Waals surface area contributed by atoms with Crippen LogP contribution in [0.3, 0.4) is 0 Å². The lowest BCUT2D eigenvalue weighted by atomic mass is 10.1. The van der Waals surface area contributed by atoms with Crippen LogP contribution in [0, 0.1) is 5.82 Å². The second-order valence-electron chi connectivity index (χ2n) is 2.68. The number of Topliss-reactive ketones (excluding diaryl/α,β-unsaturated/α-hetero) is 1. The molecule has 0 aliphatic carbocycles. The van der Waals surface area contributed by atoms with Crippen LogP contribution >= 0.6 is 11.6 Å². The summed E-state index contributed by atoms with van der Waals surface area (Å²) in [4.78, 5) is 11.4. The van der Waals surface area contributed by atoms with E-state index in [9.17, 15) is 9.18 Å². The van der Waals surface area contributed by atoms with Crippen LogP contribution in [0.2, 0.25) is 0 Å². The third kappa shape index (κ3) is 2.23. The zero-order valence-electron chi connectivity index (χ0n) is 7.72. The molecular formula is C10H10ClFO2. The van der Waals surface area contributed by atoms with Crippen molar-refractivity contribution in [1.82, 2.24) is 0 Å². The molecular weight excluding hydrogens is 207 g/mol. The highest BCUT2D eigenvalue weighted by atomic mass is 35.5. The molecule has 0 radical (unpaired) electrons. The summed E-state index contributed by atoms with van der Waals surface area (Å²) in [5, 5.41) is 0. The maximum atomic E-state index is 13.3. The molecule has 0 amide bonds. The van der Waals surface area contributed by atoms with Crippen molar-refractivity contribution < 1.29 is 13.9 Å². The minimum absolute atomic E-state index is 0.0179. The summed E-state index contributed by atoms with van der Waals surface area (Å²) in [5.74, 6) is -0.481. The van der Waals surface area contributed by atoms with Gasteiger partial charge in [0, 0.05) is 12.3 Å². The van der Waals surface area contributed by atoms with E-state index < -0.39 is 5.82 Å². The zero-order valence-corrected chi connectivity index (χ0v) is 8.47. The Labute approximate surface area is 86.6 Å². The van der Waals surface area contributed by atoms with Gasteiger partial charge in [-0.25, -0.2) is 4.39 Å². The molecule has 0 saturated carbocycles. The van der Waals surface area contributed by atoms with Gasteiger partial charge in [-0.1, -0.05) is 6.07 Å². The number of hydrogen-bond donors (Lipinski definition) is 0. The van der Waals surface area contributed by atoms with Gasteiger partial charge in [0.1, 0.15) is 11.6 Å². The van der Waals surface area contributed by atoms with E-state index in [0.717, 1.165) is 0 Å². The van der Waals surface area contributed by atoms with Crippen LogP contribution in [-0.2, 0) is 0 Å². The number of ether oxygens (including phenoxy) is 1. The first-order valence-electron chi connectivity index (χ1n) is 4.12. The van der Waals surface area contributed by atoms with Crippen molar-refractivity contribution in [1.29, 1.82) is 0 Å². The van der Waals surface area contributed by atoms with E-state index in [4.69, 9.17) is 16.3 Å². The molecule has 4 heteroatoms. The fraction of sp³-hybridized carbons (Fsp3) is 0.300. The number of rotatable bonds is 4. The van der Waals surface area contributed by atoms with E-state index >= 15 is 0 Å². The molecule has 0 heterocycles. The molecule has 1 rings (SSSR count). The maximum absolute atomic E-state index is 13.3. The number of alkyl halides is 1. The van der Waals surface area contributed by atoms with E-state index in [0.29, 0.717) is 0 Å². The standard InChI is InChI=1S/C10H10ClFO2/c1-14-9-4-2-3-7(12)10(9)8(13)5-6-11/h2-4H,5-6H2,1H3. The number of carbonyl (C=O) groups excluding carboxylic acids is 1. The van der Waals surface area contributed by atoms with E-state index in [-0.39, 0.29) is 29.4 Å². The number of halogens is 2. The van der Waals surface area contributed by atoms with E-state index in [1.807, 2.05) is 0 Å². The van der Waals surface area contributed by atoms with Crippen molar-refractivity contribution in [3.63, 3.8) is 0 Å². The third-order valence-corrected chi connectivity index (χ3v) is 1.98. The smallest absolute Gasteiger partial charge is 0.170 e. The summed E-state index contributed by atoms with van der Waals surface area (Å²) >= 11 is 5.41. The number of hydrogen-bond acceptors (Lipinski definition) is 2. The molecule has 0 fully saturated rings. The van der Waals surface area contributed by atoms with E-state index in [1.165, 1.54) is 19.2 Å². The first kappa shape index (κ1) is 11.0. The molecule has 0 atom stereocenters. The summed E-state index contributed by atoms with van der Waals surface area (Å²) in [6, 6.07) is 4.26. The maximum Gasteiger partial charge on any atom is 0.170 e. The predicted molar refractivity (Wildman–Crippen MR) is 52.6 cm³/mol. The first-order valence-corrected chi connectivity index (χ1v) is 4.65. The molecule has 0 spiro atoms. The Kier molecular flexibility index (Phi) is 3.89. The molecule has 0 bridgehead atoms. The Morgan fingerprint density at radius 2 is 2.29 bits per heavy atom. The van der Waals surface area contributed by atoms with Crippen molar-refractivity contribution >= 4 is 17.4 Å². The average Bonchev–Trinajstić information content (AvgIpc) is 2.17. The van der Waals surface area contributed by atoms with Crippen LogP contribution in [0.1, 0.15) is 16.8 Å². The van der Waals surface area contributed by atoms with Crippen molar-refractivity contribution in [2.75, 3.05) is 13.0 Å². The highest BCUT2D eigenvalue weighted by Gasteiger charge is 2.16. The molecule has 2 nitrogen and oxygen atoms in total. The Morgan fingerprint density at radius 3 is 2.86 bits per heavy atom. The fourth-order valence-corrected chi connectivity index (χ4v) is 1.33. The van der Waals surface area contributed by atoms with Gasteiger partial charge in [0.15, 0.2) is 5.78 Å². The number of methoxy groups -OCH3 is 1. The predicted octanol–water partition coefficient (Wildman–Crippen LogP) is 2.65. The largest absolute Gasteiger partial charge is 0.496 e. The highest BCUT2D eigenvalue weighted by molar-refractivity contribution is 6.19.